The zero-order valence-electron chi connectivity index (χ0n) is 6.46. The molecule has 0 aromatic heterocycles. The lowest BCUT2D eigenvalue weighted by atomic mass is 10.3. The van der Waals surface area contributed by atoms with Crippen LogP contribution in [0.15, 0.2) is 4.58 Å². The summed E-state index contributed by atoms with van der Waals surface area (Å²) >= 11 is 0. The van der Waals surface area contributed by atoms with Crippen molar-refractivity contribution in [1.29, 1.82) is 0 Å². The van der Waals surface area contributed by atoms with Gasteiger partial charge in [-0.25, -0.2) is 0 Å². The van der Waals surface area contributed by atoms with Crippen LogP contribution in [0, 0.1) is 4.91 Å². The molecule has 3 nitrogen and oxygen atoms in total. The first-order valence-electron chi connectivity index (χ1n) is 3.46. The molecule has 0 radical (unpaired) electrons. The number of hydrogen-bond acceptors (Lipinski definition) is 3. The Bertz CT molecular complexity index is 142. The molecule has 2 unspecified atom stereocenters. The fourth-order valence-corrected chi connectivity index (χ4v) is 3.59. The predicted molar refractivity (Wildman–Crippen MR) is 46.5 cm³/mol. The van der Waals surface area contributed by atoms with Gasteiger partial charge in [0, 0.05) is 11.8 Å². The average Bonchev–Trinajstić information content (AvgIpc) is 2.33. The lowest BCUT2D eigenvalue weighted by Gasteiger charge is -2.19. The molecule has 4 heteroatoms. The molecule has 1 N–H and O–H groups in total. The molecule has 10 heavy (non-hydrogen) atoms. The van der Waals surface area contributed by atoms with Crippen LogP contribution in [0.2, 0.25) is 0 Å². The van der Waals surface area contributed by atoms with E-state index in [1.807, 2.05) is 13.3 Å². The van der Waals surface area contributed by atoms with Gasteiger partial charge < -0.3 is 5.32 Å². The number of hydrogen-bond donors (Lipinski definition) is 1. The van der Waals surface area contributed by atoms with Crippen molar-refractivity contribution in [3.8, 4) is 0 Å². The molecule has 1 aliphatic heterocycles. The second-order valence-electron chi connectivity index (χ2n) is 2.94. The maximum atomic E-state index is 10.3. The highest BCUT2D eigenvalue weighted by Crippen LogP contribution is 2.51. The maximum absolute atomic E-state index is 10.3. The Morgan fingerprint density at radius 1 is 1.70 bits per heavy atom. The SMILES string of the molecule is CNC1CCS(C)(N=O)C1. The van der Waals surface area contributed by atoms with Crippen molar-refractivity contribution in [2.24, 2.45) is 4.58 Å². The molecule has 1 saturated heterocycles. The highest BCUT2D eigenvalue weighted by atomic mass is 32.3. The summed E-state index contributed by atoms with van der Waals surface area (Å²) in [4.78, 5) is 10.3. The van der Waals surface area contributed by atoms with Crippen molar-refractivity contribution in [3.05, 3.63) is 4.91 Å². The second-order valence-corrected chi connectivity index (χ2v) is 6.28. The molecule has 1 aliphatic rings. The third kappa shape index (κ3) is 1.49. The summed E-state index contributed by atoms with van der Waals surface area (Å²) in [6, 6.07) is 0.540. The third-order valence-electron chi connectivity index (χ3n) is 2.05. The highest BCUT2D eigenvalue weighted by molar-refractivity contribution is 8.32. The Labute approximate surface area is 63.0 Å². The van der Waals surface area contributed by atoms with Crippen LogP contribution in [-0.2, 0) is 0 Å². The molecule has 1 fully saturated rings. The zero-order chi connectivity index (χ0) is 7.61. The van der Waals surface area contributed by atoms with Crippen LogP contribution < -0.4 is 5.32 Å². The first kappa shape index (κ1) is 8.01. The minimum atomic E-state index is -1.10. The van der Waals surface area contributed by atoms with Crippen LogP contribution in [0.5, 0.6) is 0 Å². The van der Waals surface area contributed by atoms with Crippen molar-refractivity contribution >= 4 is 10.2 Å². The molecule has 0 saturated carbocycles. The van der Waals surface area contributed by atoms with E-state index in [1.54, 1.807) is 0 Å². The van der Waals surface area contributed by atoms with Gasteiger partial charge in [0.15, 0.2) is 0 Å². The van der Waals surface area contributed by atoms with Crippen molar-refractivity contribution in [2.75, 3.05) is 24.8 Å². The molecule has 0 aromatic rings. The molecule has 0 spiro atoms. The van der Waals surface area contributed by atoms with Gasteiger partial charge in [-0.05, 0) is 30.1 Å². The van der Waals surface area contributed by atoms with E-state index in [9.17, 15) is 4.91 Å². The number of rotatable bonds is 2. The molecule has 0 amide bonds. The molecule has 0 bridgehead atoms. The van der Waals surface area contributed by atoms with E-state index < -0.39 is 10.2 Å². The van der Waals surface area contributed by atoms with Crippen LogP contribution in [0.3, 0.4) is 0 Å². The summed E-state index contributed by atoms with van der Waals surface area (Å²) in [7, 11) is 0.849. The monoisotopic (exact) mass is 162 g/mol. The van der Waals surface area contributed by atoms with E-state index >= 15 is 0 Å². The van der Waals surface area contributed by atoms with Gasteiger partial charge >= 0.3 is 0 Å². The van der Waals surface area contributed by atoms with E-state index in [2.05, 4.69) is 9.90 Å². The Hall–Kier alpha value is -0.0900. The zero-order valence-corrected chi connectivity index (χ0v) is 7.28. The molecule has 1 rings (SSSR count). The van der Waals surface area contributed by atoms with Gasteiger partial charge in [0.2, 0.25) is 0 Å². The Morgan fingerprint density at radius 3 is 2.70 bits per heavy atom. The summed E-state index contributed by atoms with van der Waals surface area (Å²) in [5.41, 5.74) is 0. The molecule has 1 heterocycles. The fourth-order valence-electron chi connectivity index (χ4n) is 1.29. The lowest BCUT2D eigenvalue weighted by Crippen LogP contribution is -2.24. The van der Waals surface area contributed by atoms with Gasteiger partial charge in [-0.15, -0.1) is 15.1 Å². The molecule has 60 valence electrons. The number of nitrogens with one attached hydrogen (secondary N) is 1. The normalized spacial score (nSPS) is 46.4. The summed E-state index contributed by atoms with van der Waals surface area (Å²) in [5.74, 6) is 2.00. The Balaban J connectivity index is 2.48. The van der Waals surface area contributed by atoms with Gasteiger partial charge in [-0.3, -0.25) is 0 Å². The van der Waals surface area contributed by atoms with E-state index in [1.165, 1.54) is 0 Å². The summed E-state index contributed by atoms with van der Waals surface area (Å²) < 4.78 is 3.21. The average molecular weight is 162 g/mol. The van der Waals surface area contributed by atoms with Gasteiger partial charge in [-0.1, -0.05) is 0 Å². The number of nitroso groups, excluding NO2 is 1. The summed E-state index contributed by atoms with van der Waals surface area (Å²) in [6.45, 7) is 0. The smallest absolute Gasteiger partial charge is 0.0165 e. The topological polar surface area (TPSA) is 41.5 Å². The largest absolute Gasteiger partial charge is 0.316 e. The molecule has 0 aromatic carbocycles. The summed E-state index contributed by atoms with van der Waals surface area (Å²) in [5, 5.41) is 3.18. The van der Waals surface area contributed by atoms with Crippen LogP contribution in [0.25, 0.3) is 0 Å². The molecular formula is C6H14N2OS. The van der Waals surface area contributed by atoms with Crippen LogP contribution in [0.1, 0.15) is 6.42 Å². The van der Waals surface area contributed by atoms with E-state index in [4.69, 9.17) is 0 Å². The van der Waals surface area contributed by atoms with E-state index in [0.29, 0.717) is 6.04 Å². The molecule has 0 aliphatic carbocycles. The molecule has 2 atom stereocenters. The first-order valence-corrected chi connectivity index (χ1v) is 5.79. The van der Waals surface area contributed by atoms with Crippen LogP contribution >= 0.6 is 10.2 Å². The minimum absolute atomic E-state index is 0.540. The quantitative estimate of drug-likeness (QED) is 0.618. The van der Waals surface area contributed by atoms with Crippen molar-refractivity contribution in [1.82, 2.24) is 5.32 Å². The fraction of sp³-hybridized carbons (Fsp3) is 1.00. The van der Waals surface area contributed by atoms with Crippen LogP contribution in [0.4, 0.5) is 0 Å². The molecular weight excluding hydrogens is 148 g/mol. The maximum Gasteiger partial charge on any atom is 0.0165 e. The minimum Gasteiger partial charge on any atom is -0.316 e. The van der Waals surface area contributed by atoms with Crippen molar-refractivity contribution in [3.63, 3.8) is 0 Å². The third-order valence-corrected chi connectivity index (χ3v) is 4.65. The second kappa shape index (κ2) is 2.88. The summed E-state index contributed by atoms with van der Waals surface area (Å²) in [6.07, 6.45) is 3.13. The lowest BCUT2D eigenvalue weighted by molar-refractivity contribution is 0.624. The van der Waals surface area contributed by atoms with Gasteiger partial charge in [0.05, 0.1) is 0 Å². The highest BCUT2D eigenvalue weighted by Gasteiger charge is 2.30. The van der Waals surface area contributed by atoms with Gasteiger partial charge in [0.25, 0.3) is 0 Å². The number of nitrogens with zero attached hydrogens (tertiary/aromatic N) is 1. The van der Waals surface area contributed by atoms with Crippen molar-refractivity contribution < 1.29 is 0 Å². The Kier molecular flexibility index (Phi) is 2.31. The standard InChI is InChI=1S/C6H14N2OS/c1-7-6-3-4-10(2,5-6)8-9/h6-7H,3-5H2,1-2H3. The van der Waals surface area contributed by atoms with Crippen molar-refractivity contribution in [2.45, 2.75) is 12.5 Å². The van der Waals surface area contributed by atoms with E-state index in [-0.39, 0.29) is 0 Å². The first-order chi connectivity index (χ1) is 4.70. The van der Waals surface area contributed by atoms with E-state index in [0.717, 1.165) is 17.9 Å². The van der Waals surface area contributed by atoms with Crippen LogP contribution in [-0.4, -0.2) is 30.9 Å². The predicted octanol–water partition coefficient (Wildman–Crippen LogP) is 1.09. The van der Waals surface area contributed by atoms with Gasteiger partial charge in [0.1, 0.15) is 0 Å². The van der Waals surface area contributed by atoms with Gasteiger partial charge in [-0.2, -0.15) is 0 Å². The Morgan fingerprint density at radius 2 is 2.40 bits per heavy atom.